The lowest BCUT2D eigenvalue weighted by Crippen LogP contribution is -2.01. The molecule has 0 fully saturated rings. The van der Waals surface area contributed by atoms with Crippen LogP contribution in [0.25, 0.3) is 0 Å². The first-order valence-corrected chi connectivity index (χ1v) is 6.37. The number of aryl methyl sites for hydroxylation is 1. The zero-order chi connectivity index (χ0) is 13.0. The average Bonchev–Trinajstić information content (AvgIpc) is 2.69. The summed E-state index contributed by atoms with van der Waals surface area (Å²) in [6.07, 6.45) is 0. The smallest absolute Gasteiger partial charge is 0.128 e. The Morgan fingerprint density at radius 3 is 2.50 bits per heavy atom. The predicted octanol–water partition coefficient (Wildman–Crippen LogP) is 2.91. The Hall–Kier alpha value is -1.33. The molecular formula is C13H15BrN2O2. The van der Waals surface area contributed by atoms with Crippen molar-refractivity contribution in [3.8, 4) is 5.75 Å². The summed E-state index contributed by atoms with van der Waals surface area (Å²) < 4.78 is 13.4. The largest absolute Gasteiger partial charge is 0.497 e. The molecule has 0 unspecified atom stereocenters. The number of benzene rings is 1. The minimum Gasteiger partial charge on any atom is -0.497 e. The van der Waals surface area contributed by atoms with Crippen molar-refractivity contribution in [1.82, 2.24) is 9.78 Å². The van der Waals surface area contributed by atoms with E-state index in [1.165, 1.54) is 0 Å². The number of aromatic nitrogens is 2. The van der Waals surface area contributed by atoms with Crippen LogP contribution in [0, 0.1) is 0 Å². The zero-order valence-corrected chi connectivity index (χ0v) is 12.0. The van der Waals surface area contributed by atoms with Crippen LogP contribution in [0.5, 0.6) is 5.75 Å². The van der Waals surface area contributed by atoms with Gasteiger partial charge in [-0.15, -0.1) is 0 Å². The second-order valence-electron chi connectivity index (χ2n) is 3.92. The number of methoxy groups -OCH3 is 1. The SMILES string of the molecule is COc1ccc(COCc2cc(Br)nn2C)cc1. The molecular weight excluding hydrogens is 296 g/mol. The highest BCUT2D eigenvalue weighted by molar-refractivity contribution is 9.10. The van der Waals surface area contributed by atoms with Gasteiger partial charge in [-0.05, 0) is 39.7 Å². The standard InChI is InChI=1S/C13H15BrN2O2/c1-16-11(7-13(14)15-16)9-18-8-10-3-5-12(17-2)6-4-10/h3-7H,8-9H2,1-2H3. The van der Waals surface area contributed by atoms with E-state index >= 15 is 0 Å². The first-order valence-electron chi connectivity index (χ1n) is 5.58. The highest BCUT2D eigenvalue weighted by Gasteiger charge is 2.03. The van der Waals surface area contributed by atoms with E-state index in [2.05, 4.69) is 21.0 Å². The molecule has 0 N–H and O–H groups in total. The molecule has 0 aliphatic heterocycles. The lowest BCUT2D eigenvalue weighted by molar-refractivity contribution is 0.102. The average molecular weight is 311 g/mol. The molecule has 4 nitrogen and oxygen atoms in total. The van der Waals surface area contributed by atoms with E-state index in [9.17, 15) is 0 Å². The van der Waals surface area contributed by atoms with Crippen LogP contribution in [0.2, 0.25) is 0 Å². The van der Waals surface area contributed by atoms with Crippen molar-refractivity contribution in [2.45, 2.75) is 13.2 Å². The van der Waals surface area contributed by atoms with E-state index < -0.39 is 0 Å². The first-order chi connectivity index (χ1) is 8.69. The maximum Gasteiger partial charge on any atom is 0.128 e. The van der Waals surface area contributed by atoms with Gasteiger partial charge in [-0.3, -0.25) is 4.68 Å². The molecule has 1 aromatic carbocycles. The summed E-state index contributed by atoms with van der Waals surface area (Å²) in [5.41, 5.74) is 2.16. The Balaban J connectivity index is 1.86. The molecule has 0 atom stereocenters. The Bertz CT molecular complexity index is 508. The van der Waals surface area contributed by atoms with Crippen molar-refractivity contribution >= 4 is 15.9 Å². The fourth-order valence-corrected chi connectivity index (χ4v) is 2.10. The summed E-state index contributed by atoms with van der Waals surface area (Å²) in [4.78, 5) is 0. The summed E-state index contributed by atoms with van der Waals surface area (Å²) in [5.74, 6) is 0.856. The molecule has 0 saturated heterocycles. The maximum atomic E-state index is 5.65. The van der Waals surface area contributed by atoms with E-state index in [0.29, 0.717) is 13.2 Å². The molecule has 0 aliphatic carbocycles. The van der Waals surface area contributed by atoms with Crippen LogP contribution in [0.4, 0.5) is 0 Å². The van der Waals surface area contributed by atoms with Crippen LogP contribution in [-0.4, -0.2) is 16.9 Å². The van der Waals surface area contributed by atoms with Crippen molar-refractivity contribution in [3.05, 3.63) is 46.2 Å². The quantitative estimate of drug-likeness (QED) is 0.852. The van der Waals surface area contributed by atoms with Gasteiger partial charge in [-0.2, -0.15) is 5.10 Å². The Morgan fingerprint density at radius 2 is 1.94 bits per heavy atom. The van der Waals surface area contributed by atoms with E-state index in [0.717, 1.165) is 21.6 Å². The molecule has 18 heavy (non-hydrogen) atoms. The number of ether oxygens (including phenoxy) is 2. The van der Waals surface area contributed by atoms with E-state index in [4.69, 9.17) is 9.47 Å². The number of hydrogen-bond donors (Lipinski definition) is 0. The fraction of sp³-hybridized carbons (Fsp3) is 0.308. The molecule has 2 rings (SSSR count). The predicted molar refractivity (Wildman–Crippen MR) is 72.4 cm³/mol. The highest BCUT2D eigenvalue weighted by atomic mass is 79.9. The summed E-state index contributed by atoms with van der Waals surface area (Å²) in [5, 5.41) is 4.20. The van der Waals surface area contributed by atoms with Crippen LogP contribution < -0.4 is 4.74 Å². The second-order valence-corrected chi connectivity index (χ2v) is 4.74. The van der Waals surface area contributed by atoms with Gasteiger partial charge < -0.3 is 9.47 Å². The van der Waals surface area contributed by atoms with Crippen molar-refractivity contribution in [2.24, 2.45) is 7.05 Å². The molecule has 96 valence electrons. The summed E-state index contributed by atoms with van der Waals surface area (Å²) in [6.45, 7) is 1.12. The first kappa shape index (κ1) is 13.1. The number of rotatable bonds is 5. The highest BCUT2D eigenvalue weighted by Crippen LogP contribution is 2.14. The molecule has 1 heterocycles. The Morgan fingerprint density at radius 1 is 1.22 bits per heavy atom. The molecule has 1 aromatic heterocycles. The molecule has 2 aromatic rings. The maximum absolute atomic E-state index is 5.65. The van der Waals surface area contributed by atoms with Crippen molar-refractivity contribution in [1.29, 1.82) is 0 Å². The van der Waals surface area contributed by atoms with Crippen LogP contribution in [0.3, 0.4) is 0 Å². The van der Waals surface area contributed by atoms with Crippen LogP contribution in [0.1, 0.15) is 11.3 Å². The van der Waals surface area contributed by atoms with Gasteiger partial charge in [0, 0.05) is 7.05 Å². The van der Waals surface area contributed by atoms with E-state index in [1.807, 2.05) is 37.4 Å². The van der Waals surface area contributed by atoms with Crippen LogP contribution in [0.15, 0.2) is 34.9 Å². The van der Waals surface area contributed by atoms with Gasteiger partial charge in [-0.25, -0.2) is 0 Å². The molecule has 0 bridgehead atoms. The lowest BCUT2D eigenvalue weighted by atomic mass is 10.2. The van der Waals surface area contributed by atoms with Gasteiger partial charge in [0.05, 0.1) is 26.0 Å². The van der Waals surface area contributed by atoms with Crippen molar-refractivity contribution < 1.29 is 9.47 Å². The minimum absolute atomic E-state index is 0.543. The molecule has 0 amide bonds. The summed E-state index contributed by atoms with van der Waals surface area (Å²) in [6, 6.07) is 9.81. The van der Waals surface area contributed by atoms with Crippen LogP contribution in [-0.2, 0) is 25.0 Å². The van der Waals surface area contributed by atoms with Gasteiger partial charge >= 0.3 is 0 Å². The molecule has 0 spiro atoms. The van der Waals surface area contributed by atoms with Gasteiger partial charge in [0.25, 0.3) is 0 Å². The lowest BCUT2D eigenvalue weighted by Gasteiger charge is -2.05. The number of halogens is 1. The Labute approximate surface area is 115 Å². The number of nitrogens with zero attached hydrogens (tertiary/aromatic N) is 2. The third-order valence-electron chi connectivity index (χ3n) is 2.62. The second kappa shape index (κ2) is 6.02. The van der Waals surface area contributed by atoms with Gasteiger partial charge in [0.2, 0.25) is 0 Å². The topological polar surface area (TPSA) is 36.3 Å². The third kappa shape index (κ3) is 3.34. The molecule has 5 heteroatoms. The Kier molecular flexibility index (Phi) is 4.38. The van der Waals surface area contributed by atoms with Crippen molar-refractivity contribution in [2.75, 3.05) is 7.11 Å². The number of hydrogen-bond acceptors (Lipinski definition) is 3. The van der Waals surface area contributed by atoms with Gasteiger partial charge in [-0.1, -0.05) is 12.1 Å². The minimum atomic E-state index is 0.543. The van der Waals surface area contributed by atoms with Gasteiger partial charge in [0.1, 0.15) is 10.4 Å². The normalized spacial score (nSPS) is 10.6. The molecule has 0 aliphatic rings. The monoisotopic (exact) mass is 310 g/mol. The van der Waals surface area contributed by atoms with E-state index in [-0.39, 0.29) is 0 Å². The molecule has 0 radical (unpaired) electrons. The van der Waals surface area contributed by atoms with Crippen LogP contribution >= 0.6 is 15.9 Å². The third-order valence-corrected chi connectivity index (χ3v) is 3.01. The van der Waals surface area contributed by atoms with E-state index in [1.54, 1.807) is 11.8 Å². The molecule has 0 saturated carbocycles. The van der Waals surface area contributed by atoms with Crippen molar-refractivity contribution in [3.63, 3.8) is 0 Å². The van der Waals surface area contributed by atoms with Gasteiger partial charge in [0.15, 0.2) is 0 Å². The summed E-state index contributed by atoms with van der Waals surface area (Å²) >= 11 is 3.33. The fourth-order valence-electron chi connectivity index (χ4n) is 1.60. The zero-order valence-electron chi connectivity index (χ0n) is 10.4. The summed E-state index contributed by atoms with van der Waals surface area (Å²) in [7, 11) is 3.56.